The van der Waals surface area contributed by atoms with Crippen molar-refractivity contribution in [2.75, 3.05) is 35.2 Å². The summed E-state index contributed by atoms with van der Waals surface area (Å²) in [6.07, 6.45) is 1.52. The molecule has 0 N–H and O–H groups in total. The van der Waals surface area contributed by atoms with Gasteiger partial charge in [-0.2, -0.15) is 0 Å². The van der Waals surface area contributed by atoms with Crippen LogP contribution in [0.5, 0.6) is 17.2 Å². The van der Waals surface area contributed by atoms with Crippen LogP contribution in [-0.2, 0) is 18.9 Å². The molecule has 0 radical (unpaired) electrons. The van der Waals surface area contributed by atoms with Crippen LogP contribution >= 0.6 is 0 Å². The maximum Gasteiger partial charge on any atom is 0.231 e. The van der Waals surface area contributed by atoms with Crippen molar-refractivity contribution < 1.29 is 33.2 Å². The summed E-state index contributed by atoms with van der Waals surface area (Å²) in [4.78, 5) is 0. The van der Waals surface area contributed by atoms with Crippen LogP contribution in [0, 0.1) is 11.8 Å². The van der Waals surface area contributed by atoms with Crippen molar-refractivity contribution in [3.63, 3.8) is 0 Å². The molecule has 1 aliphatic carbocycles. The second kappa shape index (κ2) is 7.10. The highest BCUT2D eigenvalue weighted by atomic mass is 16.7. The van der Waals surface area contributed by atoms with Crippen molar-refractivity contribution in [2.45, 2.75) is 38.1 Å². The lowest BCUT2D eigenvalue weighted by atomic mass is 9.70. The predicted octanol–water partition coefficient (Wildman–Crippen LogP) is 3.69. The van der Waals surface area contributed by atoms with Crippen molar-refractivity contribution in [1.29, 1.82) is 0 Å². The summed E-state index contributed by atoms with van der Waals surface area (Å²) >= 11 is 0. The lowest BCUT2D eigenvalue weighted by Gasteiger charge is -2.38. The highest BCUT2D eigenvalue weighted by Crippen LogP contribution is 2.60. The zero-order chi connectivity index (χ0) is 21.2. The quantitative estimate of drug-likeness (QED) is 0.742. The van der Waals surface area contributed by atoms with Crippen molar-refractivity contribution in [1.82, 2.24) is 0 Å². The molecule has 1 fully saturated rings. The molecule has 4 aliphatic rings. The Morgan fingerprint density at radius 3 is 2.37 bits per heavy atom. The van der Waals surface area contributed by atoms with Crippen LogP contribution in [-0.4, -0.2) is 47.4 Å². The van der Waals surface area contributed by atoms with E-state index in [0.29, 0.717) is 40.6 Å². The van der Waals surface area contributed by atoms with Gasteiger partial charge in [0.2, 0.25) is 12.5 Å². The van der Waals surface area contributed by atoms with Crippen LogP contribution in [0.4, 0.5) is 0 Å². The van der Waals surface area contributed by atoms with E-state index < -0.39 is 0 Å². The first kappa shape index (κ1) is 19.6. The molecule has 5 rings (SSSR count). The SMILES string of the molecule is COC1=C(OC)[C@@H](OC)[C@@H]2C(=C1)[C@H]1O[C@@H](c3cc4c(c(OC)c32)OCO4)[C@H](C)[C@@H]1C. The third kappa shape index (κ3) is 2.45. The first-order chi connectivity index (χ1) is 14.5. The highest BCUT2D eigenvalue weighted by Gasteiger charge is 2.53. The van der Waals surface area contributed by atoms with E-state index in [0.717, 1.165) is 16.7 Å². The van der Waals surface area contributed by atoms with Gasteiger partial charge in [0.1, 0.15) is 6.10 Å². The Labute approximate surface area is 176 Å². The van der Waals surface area contributed by atoms with E-state index in [9.17, 15) is 0 Å². The molecule has 3 aliphatic heterocycles. The number of hydrogen-bond donors (Lipinski definition) is 0. The zero-order valence-corrected chi connectivity index (χ0v) is 18.2. The van der Waals surface area contributed by atoms with Gasteiger partial charge in [0.05, 0.1) is 33.5 Å². The summed E-state index contributed by atoms with van der Waals surface area (Å²) < 4.78 is 41.5. The van der Waals surface area contributed by atoms with E-state index in [1.54, 1.807) is 28.4 Å². The third-order valence-electron chi connectivity index (χ3n) is 7.07. The second-order valence-electron chi connectivity index (χ2n) is 8.26. The van der Waals surface area contributed by atoms with Crippen LogP contribution in [0.15, 0.2) is 29.2 Å². The number of methoxy groups -OCH3 is 4. The first-order valence-electron chi connectivity index (χ1n) is 10.3. The standard InChI is InChI=1S/C23H28O7/c1-10-11(2)19-13-8-15-21(29-9-28-15)23(27-6)17(13)16-12(18(10)30-19)7-14(24-3)20(25-4)22(16)26-5/h7-8,10-11,16,18-19,22H,9H2,1-6H3/t10-,11+,16+,18-,19+,22-/m0/s1. The number of ether oxygens (including phenoxy) is 7. The number of benzene rings is 1. The highest BCUT2D eigenvalue weighted by molar-refractivity contribution is 5.65. The van der Waals surface area contributed by atoms with Crippen molar-refractivity contribution in [2.24, 2.45) is 11.8 Å². The molecule has 0 spiro atoms. The molecule has 0 amide bonds. The number of allylic oxidation sites excluding steroid dienone is 1. The normalized spacial score (nSPS) is 33.5. The Balaban J connectivity index is 1.83. The van der Waals surface area contributed by atoms with Gasteiger partial charge in [-0.15, -0.1) is 0 Å². The first-order valence-corrected chi connectivity index (χ1v) is 10.3. The summed E-state index contributed by atoms with van der Waals surface area (Å²) in [5, 5.41) is 0. The van der Waals surface area contributed by atoms with Crippen LogP contribution in [0.1, 0.15) is 37.0 Å². The van der Waals surface area contributed by atoms with Gasteiger partial charge in [0.15, 0.2) is 23.0 Å². The van der Waals surface area contributed by atoms with Gasteiger partial charge in [-0.25, -0.2) is 0 Å². The topological polar surface area (TPSA) is 64.6 Å². The molecule has 30 heavy (non-hydrogen) atoms. The lowest BCUT2D eigenvalue weighted by molar-refractivity contribution is 0.0318. The van der Waals surface area contributed by atoms with Crippen LogP contribution in [0.3, 0.4) is 0 Å². The fraction of sp³-hybridized carbons (Fsp3) is 0.565. The molecule has 7 nitrogen and oxygen atoms in total. The van der Waals surface area contributed by atoms with Gasteiger partial charge in [-0.1, -0.05) is 13.8 Å². The molecule has 162 valence electrons. The zero-order valence-electron chi connectivity index (χ0n) is 18.2. The predicted molar refractivity (Wildman–Crippen MR) is 108 cm³/mol. The van der Waals surface area contributed by atoms with E-state index in [-0.39, 0.29) is 31.0 Å². The Kier molecular flexibility index (Phi) is 4.63. The lowest BCUT2D eigenvalue weighted by Crippen LogP contribution is -2.36. The number of fused-ring (bicyclic) bond motifs is 8. The van der Waals surface area contributed by atoms with Gasteiger partial charge < -0.3 is 33.2 Å². The van der Waals surface area contributed by atoms with Gasteiger partial charge in [-0.05, 0) is 35.1 Å². The van der Waals surface area contributed by atoms with Crippen molar-refractivity contribution in [3.8, 4) is 17.2 Å². The maximum absolute atomic E-state index is 6.66. The molecule has 1 aromatic rings. The van der Waals surface area contributed by atoms with E-state index in [1.165, 1.54) is 0 Å². The minimum Gasteiger partial charge on any atom is -0.494 e. The minimum atomic E-state index is -0.386. The largest absolute Gasteiger partial charge is 0.494 e. The summed E-state index contributed by atoms with van der Waals surface area (Å²) in [5.74, 6) is 3.79. The molecule has 1 aromatic carbocycles. The Bertz CT molecular complexity index is 934. The fourth-order valence-corrected chi connectivity index (χ4v) is 5.48. The van der Waals surface area contributed by atoms with Crippen LogP contribution in [0.2, 0.25) is 0 Å². The van der Waals surface area contributed by atoms with Gasteiger partial charge in [0, 0.05) is 18.6 Å². The molecule has 0 saturated carbocycles. The molecular weight excluding hydrogens is 388 g/mol. The third-order valence-corrected chi connectivity index (χ3v) is 7.07. The fourth-order valence-electron chi connectivity index (χ4n) is 5.48. The number of hydrogen-bond acceptors (Lipinski definition) is 7. The smallest absolute Gasteiger partial charge is 0.231 e. The molecule has 1 saturated heterocycles. The van der Waals surface area contributed by atoms with Gasteiger partial charge in [0.25, 0.3) is 0 Å². The Morgan fingerprint density at radius 1 is 0.933 bits per heavy atom. The van der Waals surface area contributed by atoms with E-state index in [1.807, 2.05) is 6.07 Å². The molecule has 3 heterocycles. The summed E-state index contributed by atoms with van der Waals surface area (Å²) in [7, 11) is 6.64. The molecule has 0 unspecified atom stereocenters. The van der Waals surface area contributed by atoms with Gasteiger partial charge >= 0.3 is 0 Å². The van der Waals surface area contributed by atoms with E-state index in [2.05, 4.69) is 19.9 Å². The van der Waals surface area contributed by atoms with Crippen molar-refractivity contribution in [3.05, 3.63) is 40.4 Å². The molecule has 2 bridgehead atoms. The molecule has 0 aromatic heterocycles. The molecule has 6 atom stereocenters. The summed E-state index contributed by atoms with van der Waals surface area (Å²) in [6, 6.07) is 2.05. The summed E-state index contributed by atoms with van der Waals surface area (Å²) in [5.41, 5.74) is 3.18. The maximum atomic E-state index is 6.66. The van der Waals surface area contributed by atoms with Crippen molar-refractivity contribution >= 4 is 0 Å². The van der Waals surface area contributed by atoms with Gasteiger partial charge in [-0.3, -0.25) is 0 Å². The molecule has 7 heteroatoms. The molecular formula is C23H28O7. The van der Waals surface area contributed by atoms with E-state index in [4.69, 9.17) is 33.2 Å². The number of rotatable bonds is 4. The Morgan fingerprint density at radius 2 is 1.70 bits per heavy atom. The van der Waals surface area contributed by atoms with E-state index >= 15 is 0 Å². The minimum absolute atomic E-state index is 0.0648. The summed E-state index contributed by atoms with van der Waals surface area (Å²) in [6.45, 7) is 4.65. The average molecular weight is 416 g/mol. The Hall–Kier alpha value is -2.38. The second-order valence-corrected chi connectivity index (χ2v) is 8.26. The average Bonchev–Trinajstić information content (AvgIpc) is 3.31. The van der Waals surface area contributed by atoms with Crippen LogP contribution < -0.4 is 14.2 Å². The van der Waals surface area contributed by atoms with Crippen LogP contribution in [0.25, 0.3) is 0 Å². The monoisotopic (exact) mass is 416 g/mol.